The topological polar surface area (TPSA) is 38.8 Å². The number of rotatable bonds is 3. The van der Waals surface area contributed by atoms with Crippen LogP contribution in [-0.4, -0.2) is 31.6 Å². The van der Waals surface area contributed by atoms with Crippen molar-refractivity contribution in [3.8, 4) is 11.5 Å². The first kappa shape index (κ1) is 17.3. The van der Waals surface area contributed by atoms with Crippen LogP contribution in [0.25, 0.3) is 5.70 Å². The second-order valence-electron chi connectivity index (χ2n) is 5.61. The zero-order valence-corrected chi connectivity index (χ0v) is 14.7. The minimum atomic E-state index is -0.650. The number of halogens is 2. The van der Waals surface area contributed by atoms with Gasteiger partial charge in [0.05, 0.1) is 24.8 Å². The Labute approximate surface area is 150 Å². The lowest BCUT2D eigenvalue weighted by atomic mass is 9.95. The molecule has 2 aromatic carbocycles. The van der Waals surface area contributed by atoms with Crippen molar-refractivity contribution in [3.05, 3.63) is 64.4 Å². The smallest absolute Gasteiger partial charge is 0.262 e. The minimum Gasteiger partial charge on any atom is -0.493 e. The summed E-state index contributed by atoms with van der Waals surface area (Å²) in [6.45, 7) is 4.40. The Morgan fingerprint density at radius 2 is 1.92 bits per heavy atom. The molecular weight excluding hydrogens is 345 g/mol. The Morgan fingerprint density at radius 3 is 2.56 bits per heavy atom. The third-order valence-electron chi connectivity index (χ3n) is 4.27. The predicted octanol–water partition coefficient (Wildman–Crippen LogP) is 4.17. The van der Waals surface area contributed by atoms with Crippen molar-refractivity contribution >= 4 is 23.2 Å². The maximum Gasteiger partial charge on any atom is 0.262 e. The number of benzene rings is 2. The van der Waals surface area contributed by atoms with Crippen molar-refractivity contribution in [2.45, 2.75) is 6.42 Å². The average molecular weight is 362 g/mol. The average Bonchev–Trinajstić information content (AvgIpc) is 2.60. The molecule has 1 heterocycles. The molecule has 0 fully saturated rings. The van der Waals surface area contributed by atoms with Crippen molar-refractivity contribution in [1.29, 1.82) is 0 Å². The summed E-state index contributed by atoms with van der Waals surface area (Å²) in [6.07, 6.45) is 0.590. The zero-order chi connectivity index (χ0) is 18.1. The number of methoxy groups -OCH3 is 2. The zero-order valence-electron chi connectivity index (χ0n) is 13.9. The summed E-state index contributed by atoms with van der Waals surface area (Å²) >= 11 is 6.03. The number of amides is 1. The summed E-state index contributed by atoms with van der Waals surface area (Å²) in [4.78, 5) is 14.3. The van der Waals surface area contributed by atoms with Crippen molar-refractivity contribution in [1.82, 2.24) is 4.90 Å². The summed E-state index contributed by atoms with van der Waals surface area (Å²) in [5, 5.41) is 0.0795. The molecule has 0 saturated heterocycles. The van der Waals surface area contributed by atoms with Gasteiger partial charge in [-0.05, 0) is 36.2 Å². The fraction of sp³-hybridized carbons (Fsp3) is 0.211. The Balaban J connectivity index is 2.00. The van der Waals surface area contributed by atoms with Crippen molar-refractivity contribution in [2.75, 3.05) is 20.8 Å². The van der Waals surface area contributed by atoms with Gasteiger partial charge in [0.25, 0.3) is 5.91 Å². The highest BCUT2D eigenvalue weighted by molar-refractivity contribution is 6.34. The van der Waals surface area contributed by atoms with Gasteiger partial charge >= 0.3 is 0 Å². The third kappa shape index (κ3) is 2.96. The van der Waals surface area contributed by atoms with E-state index in [4.69, 9.17) is 21.1 Å². The monoisotopic (exact) mass is 361 g/mol. The van der Waals surface area contributed by atoms with E-state index in [0.29, 0.717) is 30.2 Å². The minimum absolute atomic E-state index is 0.0795. The summed E-state index contributed by atoms with van der Waals surface area (Å²) in [5.74, 6) is 0.00328. The van der Waals surface area contributed by atoms with Crippen LogP contribution in [0.5, 0.6) is 11.5 Å². The van der Waals surface area contributed by atoms with Crippen LogP contribution in [0, 0.1) is 5.82 Å². The van der Waals surface area contributed by atoms with E-state index >= 15 is 0 Å². The standard InChI is InChI=1S/C19H17ClFNO3/c1-11-13-10-17(25-3)16(24-2)9-12(13)7-8-22(11)19(23)18-14(20)5-4-6-15(18)21/h4-6,9-10H,1,7-8H2,2-3H3. The molecule has 130 valence electrons. The van der Waals surface area contributed by atoms with Gasteiger partial charge in [0.15, 0.2) is 11.5 Å². The van der Waals surface area contributed by atoms with Gasteiger partial charge in [-0.25, -0.2) is 4.39 Å². The molecule has 1 amide bonds. The molecule has 0 aromatic heterocycles. The first-order chi connectivity index (χ1) is 12.0. The van der Waals surface area contributed by atoms with Crippen molar-refractivity contribution < 1.29 is 18.7 Å². The predicted molar refractivity (Wildman–Crippen MR) is 94.7 cm³/mol. The molecule has 3 rings (SSSR count). The molecule has 0 spiro atoms. The van der Waals surface area contributed by atoms with Crippen LogP contribution >= 0.6 is 11.6 Å². The van der Waals surface area contributed by atoms with Gasteiger partial charge in [-0.1, -0.05) is 24.2 Å². The molecule has 1 aliphatic heterocycles. The summed E-state index contributed by atoms with van der Waals surface area (Å²) in [6, 6.07) is 7.82. The second kappa shape index (κ2) is 6.76. The lowest BCUT2D eigenvalue weighted by molar-refractivity contribution is 0.0829. The van der Waals surface area contributed by atoms with E-state index in [0.717, 1.165) is 11.1 Å². The van der Waals surface area contributed by atoms with Gasteiger partial charge in [-0.15, -0.1) is 0 Å². The number of hydrogen-bond donors (Lipinski definition) is 0. The van der Waals surface area contributed by atoms with E-state index in [1.165, 1.54) is 30.2 Å². The highest BCUT2D eigenvalue weighted by Crippen LogP contribution is 2.38. The fourth-order valence-corrected chi connectivity index (χ4v) is 3.21. The van der Waals surface area contributed by atoms with E-state index in [-0.39, 0.29) is 10.6 Å². The van der Waals surface area contributed by atoms with Gasteiger partial charge in [0.2, 0.25) is 0 Å². The fourth-order valence-electron chi connectivity index (χ4n) is 2.97. The van der Waals surface area contributed by atoms with E-state index < -0.39 is 11.7 Å². The van der Waals surface area contributed by atoms with Crippen LogP contribution in [0.4, 0.5) is 4.39 Å². The molecule has 6 heteroatoms. The van der Waals surface area contributed by atoms with Crippen LogP contribution in [0.3, 0.4) is 0 Å². The molecule has 0 aliphatic carbocycles. The molecule has 0 N–H and O–H groups in total. The quantitative estimate of drug-likeness (QED) is 0.823. The maximum atomic E-state index is 14.1. The first-order valence-electron chi connectivity index (χ1n) is 7.68. The molecule has 1 aliphatic rings. The molecule has 0 atom stereocenters. The SMILES string of the molecule is C=C1c2cc(OC)c(OC)cc2CCN1C(=O)c1c(F)cccc1Cl. The highest BCUT2D eigenvalue weighted by atomic mass is 35.5. The Bertz CT molecular complexity index is 846. The second-order valence-corrected chi connectivity index (χ2v) is 6.02. The van der Waals surface area contributed by atoms with E-state index in [2.05, 4.69) is 6.58 Å². The normalized spacial score (nSPS) is 13.4. The van der Waals surface area contributed by atoms with Gasteiger partial charge in [-0.2, -0.15) is 0 Å². The largest absolute Gasteiger partial charge is 0.493 e. The van der Waals surface area contributed by atoms with Crippen LogP contribution < -0.4 is 9.47 Å². The molecule has 4 nitrogen and oxygen atoms in total. The molecule has 0 bridgehead atoms. The molecule has 25 heavy (non-hydrogen) atoms. The maximum absolute atomic E-state index is 14.1. The molecule has 0 radical (unpaired) electrons. The third-order valence-corrected chi connectivity index (χ3v) is 4.59. The van der Waals surface area contributed by atoms with Crippen molar-refractivity contribution in [3.63, 3.8) is 0 Å². The van der Waals surface area contributed by atoms with Crippen molar-refractivity contribution in [2.24, 2.45) is 0 Å². The van der Waals surface area contributed by atoms with E-state index in [9.17, 15) is 9.18 Å². The van der Waals surface area contributed by atoms with Crippen LogP contribution in [0.1, 0.15) is 21.5 Å². The van der Waals surface area contributed by atoms with Crippen LogP contribution in [0.15, 0.2) is 36.9 Å². The van der Waals surface area contributed by atoms with Gasteiger partial charge < -0.3 is 14.4 Å². The number of nitrogens with zero attached hydrogens (tertiary/aromatic N) is 1. The molecule has 0 unspecified atom stereocenters. The summed E-state index contributed by atoms with van der Waals surface area (Å²) in [7, 11) is 3.11. The first-order valence-corrected chi connectivity index (χ1v) is 8.05. The number of ether oxygens (including phenoxy) is 2. The van der Waals surface area contributed by atoms with E-state index in [1.54, 1.807) is 13.2 Å². The van der Waals surface area contributed by atoms with Gasteiger partial charge in [-0.3, -0.25) is 4.79 Å². The summed E-state index contributed by atoms with van der Waals surface area (Å²) in [5.41, 5.74) is 2.09. The number of carbonyl (C=O) groups is 1. The van der Waals surface area contributed by atoms with E-state index in [1.807, 2.05) is 6.07 Å². The van der Waals surface area contributed by atoms with Gasteiger partial charge in [0.1, 0.15) is 5.82 Å². The lowest BCUT2D eigenvalue weighted by Gasteiger charge is -2.32. The Hall–Kier alpha value is -2.53. The molecule has 2 aromatic rings. The van der Waals surface area contributed by atoms with Crippen LogP contribution in [-0.2, 0) is 6.42 Å². The Morgan fingerprint density at radius 1 is 1.24 bits per heavy atom. The van der Waals surface area contributed by atoms with Crippen LogP contribution in [0.2, 0.25) is 5.02 Å². The number of carbonyl (C=O) groups excluding carboxylic acids is 1. The molecular formula is C19H17ClFNO3. The number of hydrogen-bond acceptors (Lipinski definition) is 3. The Kier molecular flexibility index (Phi) is 4.68. The lowest BCUT2D eigenvalue weighted by Crippen LogP contribution is -2.35. The number of fused-ring (bicyclic) bond motifs is 1. The highest BCUT2D eigenvalue weighted by Gasteiger charge is 2.29. The molecule has 0 saturated carbocycles. The summed E-state index contributed by atoms with van der Waals surface area (Å²) < 4.78 is 24.7. The van der Waals surface area contributed by atoms with Gasteiger partial charge in [0, 0.05) is 17.8 Å².